The van der Waals surface area contributed by atoms with Crippen molar-refractivity contribution in [2.45, 2.75) is 6.54 Å². The third-order valence-corrected chi connectivity index (χ3v) is 2.89. The molecule has 0 unspecified atom stereocenters. The van der Waals surface area contributed by atoms with Gasteiger partial charge in [-0.3, -0.25) is 4.98 Å². The molecule has 0 atom stereocenters. The highest BCUT2D eigenvalue weighted by Gasteiger charge is 2.04. The fourth-order valence-corrected chi connectivity index (χ4v) is 1.76. The van der Waals surface area contributed by atoms with E-state index in [1.54, 1.807) is 18.5 Å². The van der Waals surface area contributed by atoms with Gasteiger partial charge in [0, 0.05) is 30.6 Å². The van der Waals surface area contributed by atoms with Gasteiger partial charge in [-0.05, 0) is 28.1 Å². The van der Waals surface area contributed by atoms with Gasteiger partial charge in [-0.2, -0.15) is 0 Å². The van der Waals surface area contributed by atoms with Gasteiger partial charge in [0.15, 0.2) is 0 Å². The Balaban J connectivity index is 2.10. The fraction of sp³-hybridized carbons (Fsp3) is 0.0833. The first-order valence-corrected chi connectivity index (χ1v) is 5.73. The van der Waals surface area contributed by atoms with Crippen LogP contribution in [0, 0.1) is 11.6 Å². The van der Waals surface area contributed by atoms with Crippen LogP contribution in [0.15, 0.2) is 41.1 Å². The van der Waals surface area contributed by atoms with E-state index in [4.69, 9.17) is 0 Å². The molecule has 0 saturated heterocycles. The number of hydrogen-bond acceptors (Lipinski definition) is 2. The number of rotatable bonds is 3. The van der Waals surface area contributed by atoms with Crippen LogP contribution in [0.3, 0.4) is 0 Å². The number of hydrogen-bond donors (Lipinski definition) is 1. The predicted octanol–water partition coefficient (Wildman–Crippen LogP) is 3.73. The molecule has 0 spiro atoms. The van der Waals surface area contributed by atoms with E-state index >= 15 is 0 Å². The lowest BCUT2D eigenvalue weighted by Crippen LogP contribution is -2.02. The number of aromatic nitrogens is 1. The summed E-state index contributed by atoms with van der Waals surface area (Å²) in [6, 6.07) is 5.30. The van der Waals surface area contributed by atoms with Crippen molar-refractivity contribution in [3.63, 3.8) is 0 Å². The molecular weight excluding hydrogens is 290 g/mol. The van der Waals surface area contributed by atoms with E-state index in [1.807, 2.05) is 0 Å². The maximum Gasteiger partial charge on any atom is 0.131 e. The summed E-state index contributed by atoms with van der Waals surface area (Å²) in [6.45, 7) is 0.286. The molecule has 0 amide bonds. The number of nitrogens with one attached hydrogen (secondary N) is 1. The number of anilines is 1. The van der Waals surface area contributed by atoms with Crippen LogP contribution in [0.4, 0.5) is 14.5 Å². The molecule has 88 valence electrons. The smallest absolute Gasteiger partial charge is 0.131 e. The molecule has 1 aromatic carbocycles. The SMILES string of the molecule is Fc1ccc(CNc2ccncc2Br)c(F)c1. The second kappa shape index (κ2) is 5.23. The molecule has 1 N–H and O–H groups in total. The Morgan fingerprint density at radius 1 is 1.24 bits per heavy atom. The van der Waals surface area contributed by atoms with Crippen molar-refractivity contribution in [2.24, 2.45) is 0 Å². The number of benzene rings is 1. The first-order chi connectivity index (χ1) is 8.16. The van der Waals surface area contributed by atoms with Crippen molar-refractivity contribution in [2.75, 3.05) is 5.32 Å². The number of pyridine rings is 1. The van der Waals surface area contributed by atoms with Crippen molar-refractivity contribution in [3.05, 3.63) is 58.3 Å². The minimum absolute atomic E-state index is 0.286. The molecule has 0 aliphatic carbocycles. The lowest BCUT2D eigenvalue weighted by molar-refractivity contribution is 0.574. The number of nitrogens with zero attached hydrogens (tertiary/aromatic N) is 1. The van der Waals surface area contributed by atoms with Crippen LogP contribution >= 0.6 is 15.9 Å². The Hall–Kier alpha value is -1.49. The van der Waals surface area contributed by atoms with Gasteiger partial charge < -0.3 is 5.32 Å². The van der Waals surface area contributed by atoms with E-state index in [0.717, 1.165) is 16.2 Å². The lowest BCUT2D eigenvalue weighted by atomic mass is 10.2. The molecule has 0 aliphatic rings. The van der Waals surface area contributed by atoms with Crippen LogP contribution in [0.2, 0.25) is 0 Å². The number of halogens is 3. The zero-order valence-corrected chi connectivity index (χ0v) is 10.3. The molecule has 2 rings (SSSR count). The minimum Gasteiger partial charge on any atom is -0.380 e. The van der Waals surface area contributed by atoms with E-state index in [1.165, 1.54) is 12.1 Å². The van der Waals surface area contributed by atoms with E-state index < -0.39 is 11.6 Å². The van der Waals surface area contributed by atoms with Crippen molar-refractivity contribution < 1.29 is 8.78 Å². The van der Waals surface area contributed by atoms with Crippen molar-refractivity contribution >= 4 is 21.6 Å². The van der Waals surface area contributed by atoms with Gasteiger partial charge in [0.2, 0.25) is 0 Å². The first kappa shape index (κ1) is 12.0. The van der Waals surface area contributed by atoms with E-state index in [9.17, 15) is 8.78 Å². The molecule has 0 saturated carbocycles. The van der Waals surface area contributed by atoms with Gasteiger partial charge in [0.25, 0.3) is 0 Å². The van der Waals surface area contributed by atoms with Gasteiger partial charge in [-0.15, -0.1) is 0 Å². The summed E-state index contributed by atoms with van der Waals surface area (Å²) >= 11 is 3.32. The van der Waals surface area contributed by atoms with Gasteiger partial charge in [-0.1, -0.05) is 6.07 Å². The molecule has 17 heavy (non-hydrogen) atoms. The molecule has 2 nitrogen and oxygen atoms in total. The normalized spacial score (nSPS) is 10.3. The summed E-state index contributed by atoms with van der Waals surface area (Å²) < 4.78 is 26.8. The van der Waals surface area contributed by atoms with Crippen LogP contribution in [0.1, 0.15) is 5.56 Å². The molecular formula is C12H9BrF2N2. The summed E-state index contributed by atoms with van der Waals surface area (Å²) in [4.78, 5) is 3.92. The van der Waals surface area contributed by atoms with E-state index in [0.29, 0.717) is 5.56 Å². The standard InChI is InChI=1S/C12H9BrF2N2/c13-10-7-16-4-3-12(10)17-6-8-1-2-9(14)5-11(8)15/h1-5,7H,6H2,(H,16,17). The largest absolute Gasteiger partial charge is 0.380 e. The van der Waals surface area contributed by atoms with Crippen molar-refractivity contribution in [1.82, 2.24) is 4.98 Å². The zero-order valence-electron chi connectivity index (χ0n) is 8.75. The zero-order chi connectivity index (χ0) is 12.3. The molecule has 0 fully saturated rings. The fourth-order valence-electron chi connectivity index (χ4n) is 1.37. The predicted molar refractivity (Wildman–Crippen MR) is 65.6 cm³/mol. The molecule has 1 aromatic heterocycles. The quantitative estimate of drug-likeness (QED) is 0.934. The molecule has 0 radical (unpaired) electrons. The highest BCUT2D eigenvalue weighted by molar-refractivity contribution is 9.10. The average molecular weight is 299 g/mol. The summed E-state index contributed by atoms with van der Waals surface area (Å²) in [5, 5.41) is 3.04. The molecule has 0 bridgehead atoms. The van der Waals surface area contributed by atoms with Crippen LogP contribution in [0.5, 0.6) is 0 Å². The molecule has 1 heterocycles. The van der Waals surface area contributed by atoms with Crippen LogP contribution in [-0.4, -0.2) is 4.98 Å². The Bertz CT molecular complexity index is 532. The Kier molecular flexibility index (Phi) is 3.68. The van der Waals surface area contributed by atoms with Gasteiger partial charge in [0.1, 0.15) is 11.6 Å². The second-order valence-electron chi connectivity index (χ2n) is 3.44. The molecule has 5 heteroatoms. The van der Waals surface area contributed by atoms with E-state index in [2.05, 4.69) is 26.2 Å². The highest BCUT2D eigenvalue weighted by Crippen LogP contribution is 2.21. The third kappa shape index (κ3) is 3.00. The summed E-state index contributed by atoms with van der Waals surface area (Å²) in [7, 11) is 0. The van der Waals surface area contributed by atoms with Gasteiger partial charge in [0.05, 0.1) is 10.2 Å². The van der Waals surface area contributed by atoms with Crippen LogP contribution in [-0.2, 0) is 6.54 Å². The monoisotopic (exact) mass is 298 g/mol. The first-order valence-electron chi connectivity index (χ1n) is 4.94. The van der Waals surface area contributed by atoms with Crippen molar-refractivity contribution in [1.29, 1.82) is 0 Å². The topological polar surface area (TPSA) is 24.9 Å². The van der Waals surface area contributed by atoms with Crippen LogP contribution < -0.4 is 5.32 Å². The maximum absolute atomic E-state index is 13.3. The van der Waals surface area contributed by atoms with Crippen LogP contribution in [0.25, 0.3) is 0 Å². The Morgan fingerprint density at radius 2 is 2.06 bits per heavy atom. The maximum atomic E-state index is 13.3. The Morgan fingerprint density at radius 3 is 2.76 bits per heavy atom. The second-order valence-corrected chi connectivity index (χ2v) is 4.30. The summed E-state index contributed by atoms with van der Waals surface area (Å²) in [6.07, 6.45) is 3.28. The Labute approximate surface area is 106 Å². The van der Waals surface area contributed by atoms with Gasteiger partial charge in [-0.25, -0.2) is 8.78 Å². The van der Waals surface area contributed by atoms with Gasteiger partial charge >= 0.3 is 0 Å². The lowest BCUT2D eigenvalue weighted by Gasteiger charge is -2.08. The summed E-state index contributed by atoms with van der Waals surface area (Å²) in [5.74, 6) is -1.13. The average Bonchev–Trinajstić information content (AvgIpc) is 2.30. The molecule has 2 aromatic rings. The third-order valence-electron chi connectivity index (χ3n) is 2.26. The highest BCUT2D eigenvalue weighted by atomic mass is 79.9. The molecule has 0 aliphatic heterocycles. The summed E-state index contributed by atoms with van der Waals surface area (Å²) in [5.41, 5.74) is 1.22. The minimum atomic E-state index is -0.573. The van der Waals surface area contributed by atoms with Crippen molar-refractivity contribution in [3.8, 4) is 0 Å². The van der Waals surface area contributed by atoms with E-state index in [-0.39, 0.29) is 6.54 Å².